The molecular weight excluding hydrogens is 442 g/mol. The molecule has 0 radical (unpaired) electrons. The standard InChI is InChI=1S/C27H21N5OS/c28-18-6-5-8-20(16-18)30-27(33)23-9-1-2-10-26(23)34-21-12-13-22-24(31-32-25(22)17-21)14-11-19-7-3-4-15-29-19/h1-17H,28H2,(H,30,33)(H,31,32)/b14-11+. The summed E-state index contributed by atoms with van der Waals surface area (Å²) >= 11 is 1.53. The van der Waals surface area contributed by atoms with Gasteiger partial charge >= 0.3 is 0 Å². The van der Waals surface area contributed by atoms with Gasteiger partial charge in [0, 0.05) is 32.7 Å². The first-order valence-corrected chi connectivity index (χ1v) is 11.5. The zero-order valence-corrected chi connectivity index (χ0v) is 18.9. The van der Waals surface area contributed by atoms with Crippen molar-refractivity contribution in [3.05, 3.63) is 108 Å². The first kappa shape index (κ1) is 21.5. The molecule has 166 valence electrons. The highest BCUT2D eigenvalue weighted by Gasteiger charge is 2.13. The fourth-order valence-corrected chi connectivity index (χ4v) is 4.52. The predicted molar refractivity (Wildman–Crippen MR) is 139 cm³/mol. The van der Waals surface area contributed by atoms with Crippen molar-refractivity contribution in [3.63, 3.8) is 0 Å². The Labute approximate surface area is 200 Å². The lowest BCUT2D eigenvalue weighted by molar-refractivity contribution is 0.102. The molecule has 0 aliphatic heterocycles. The number of H-pyrrole nitrogens is 1. The first-order chi connectivity index (χ1) is 16.7. The molecule has 0 aliphatic rings. The van der Waals surface area contributed by atoms with Gasteiger partial charge in [-0.1, -0.05) is 36.0 Å². The number of pyridine rings is 1. The van der Waals surface area contributed by atoms with Crippen LogP contribution in [-0.2, 0) is 0 Å². The number of fused-ring (bicyclic) bond motifs is 1. The summed E-state index contributed by atoms with van der Waals surface area (Å²) < 4.78 is 0. The third kappa shape index (κ3) is 4.84. The summed E-state index contributed by atoms with van der Waals surface area (Å²) in [5, 5.41) is 11.5. The lowest BCUT2D eigenvalue weighted by Gasteiger charge is -2.10. The van der Waals surface area contributed by atoms with Crippen LogP contribution in [0.4, 0.5) is 11.4 Å². The number of benzene rings is 3. The highest BCUT2D eigenvalue weighted by atomic mass is 32.2. The van der Waals surface area contributed by atoms with E-state index < -0.39 is 0 Å². The Bertz CT molecular complexity index is 1490. The molecule has 34 heavy (non-hydrogen) atoms. The minimum absolute atomic E-state index is 0.182. The van der Waals surface area contributed by atoms with E-state index in [1.165, 1.54) is 11.8 Å². The van der Waals surface area contributed by atoms with Crippen LogP contribution in [0.5, 0.6) is 0 Å². The number of aromatic nitrogens is 3. The second kappa shape index (κ2) is 9.64. The number of rotatable bonds is 6. The van der Waals surface area contributed by atoms with E-state index in [-0.39, 0.29) is 5.91 Å². The molecule has 7 heteroatoms. The zero-order valence-electron chi connectivity index (χ0n) is 18.1. The average Bonchev–Trinajstić information content (AvgIpc) is 3.26. The first-order valence-electron chi connectivity index (χ1n) is 10.7. The van der Waals surface area contributed by atoms with Gasteiger partial charge in [-0.3, -0.25) is 14.9 Å². The number of hydrogen-bond donors (Lipinski definition) is 3. The van der Waals surface area contributed by atoms with E-state index in [4.69, 9.17) is 5.73 Å². The summed E-state index contributed by atoms with van der Waals surface area (Å²) in [5.74, 6) is -0.182. The molecule has 0 saturated heterocycles. The van der Waals surface area contributed by atoms with E-state index in [0.29, 0.717) is 16.9 Å². The van der Waals surface area contributed by atoms with E-state index in [1.807, 2.05) is 84.9 Å². The van der Waals surface area contributed by atoms with Crippen LogP contribution < -0.4 is 11.1 Å². The second-order valence-corrected chi connectivity index (χ2v) is 8.70. The maximum Gasteiger partial charge on any atom is 0.256 e. The molecule has 0 aliphatic carbocycles. The van der Waals surface area contributed by atoms with Gasteiger partial charge in [-0.05, 0) is 72.8 Å². The second-order valence-electron chi connectivity index (χ2n) is 7.58. The van der Waals surface area contributed by atoms with Gasteiger partial charge < -0.3 is 11.1 Å². The SMILES string of the molecule is Nc1cccc(NC(=O)c2ccccc2Sc2ccc3c(/C=C/c4ccccn4)n[nH]c3c2)c1. The molecule has 6 nitrogen and oxygen atoms in total. The Morgan fingerprint density at radius 3 is 2.68 bits per heavy atom. The van der Waals surface area contributed by atoms with Crippen molar-refractivity contribution < 1.29 is 4.79 Å². The predicted octanol–water partition coefficient (Wildman–Crippen LogP) is 6.11. The van der Waals surface area contributed by atoms with Gasteiger partial charge in [0.1, 0.15) is 0 Å². The van der Waals surface area contributed by atoms with Crippen LogP contribution in [0.3, 0.4) is 0 Å². The number of carbonyl (C=O) groups is 1. The Morgan fingerprint density at radius 2 is 1.82 bits per heavy atom. The van der Waals surface area contributed by atoms with Crippen LogP contribution in [0, 0.1) is 0 Å². The summed E-state index contributed by atoms with van der Waals surface area (Å²) in [7, 11) is 0. The zero-order chi connectivity index (χ0) is 23.3. The number of nitrogens with one attached hydrogen (secondary N) is 2. The summed E-state index contributed by atoms with van der Waals surface area (Å²) in [4.78, 5) is 19.1. The van der Waals surface area contributed by atoms with Gasteiger partial charge in [0.15, 0.2) is 0 Å². The maximum atomic E-state index is 12.9. The number of nitrogens with two attached hydrogens (primary N) is 1. The summed E-state index contributed by atoms with van der Waals surface area (Å²) in [6.07, 6.45) is 5.65. The van der Waals surface area contributed by atoms with Gasteiger partial charge in [-0.25, -0.2) is 0 Å². The van der Waals surface area contributed by atoms with Gasteiger partial charge in [0.05, 0.1) is 22.5 Å². The number of hydrogen-bond acceptors (Lipinski definition) is 5. The molecule has 4 N–H and O–H groups in total. The molecule has 5 aromatic rings. The quantitative estimate of drug-likeness (QED) is 0.264. The van der Waals surface area contributed by atoms with Crippen molar-refractivity contribution in [2.75, 3.05) is 11.1 Å². The van der Waals surface area contributed by atoms with Crippen molar-refractivity contribution >= 4 is 52.1 Å². The van der Waals surface area contributed by atoms with Crippen LogP contribution in [0.2, 0.25) is 0 Å². The largest absolute Gasteiger partial charge is 0.399 e. The fourth-order valence-electron chi connectivity index (χ4n) is 3.53. The Kier molecular flexibility index (Phi) is 6.09. The number of nitrogens with zero attached hydrogens (tertiary/aromatic N) is 2. The van der Waals surface area contributed by atoms with Crippen molar-refractivity contribution in [3.8, 4) is 0 Å². The van der Waals surface area contributed by atoms with E-state index in [1.54, 1.807) is 18.3 Å². The molecule has 0 unspecified atom stereocenters. The molecule has 3 aromatic carbocycles. The van der Waals surface area contributed by atoms with Gasteiger partial charge in [0.25, 0.3) is 5.91 Å². The normalized spacial score (nSPS) is 11.2. The van der Waals surface area contributed by atoms with Crippen molar-refractivity contribution in [2.45, 2.75) is 9.79 Å². The van der Waals surface area contributed by atoms with Crippen LogP contribution >= 0.6 is 11.8 Å². The number of anilines is 2. The van der Waals surface area contributed by atoms with Crippen molar-refractivity contribution in [2.24, 2.45) is 0 Å². The highest BCUT2D eigenvalue weighted by Crippen LogP contribution is 2.33. The third-order valence-corrected chi connectivity index (χ3v) is 6.23. The van der Waals surface area contributed by atoms with Gasteiger partial charge in [-0.15, -0.1) is 0 Å². The van der Waals surface area contributed by atoms with Gasteiger partial charge in [-0.2, -0.15) is 5.10 Å². The van der Waals surface area contributed by atoms with Crippen LogP contribution in [0.15, 0.2) is 101 Å². The van der Waals surface area contributed by atoms with E-state index >= 15 is 0 Å². The Hall–Kier alpha value is -4.36. The monoisotopic (exact) mass is 463 g/mol. The lowest BCUT2D eigenvalue weighted by atomic mass is 10.2. The maximum absolute atomic E-state index is 12.9. The number of amides is 1. The third-order valence-electron chi connectivity index (χ3n) is 5.17. The lowest BCUT2D eigenvalue weighted by Crippen LogP contribution is -2.13. The summed E-state index contributed by atoms with van der Waals surface area (Å²) in [5.41, 5.74) is 10.3. The summed E-state index contributed by atoms with van der Waals surface area (Å²) in [6, 6.07) is 26.6. The highest BCUT2D eigenvalue weighted by molar-refractivity contribution is 7.99. The minimum atomic E-state index is -0.182. The summed E-state index contributed by atoms with van der Waals surface area (Å²) in [6.45, 7) is 0. The van der Waals surface area contributed by atoms with Crippen LogP contribution in [-0.4, -0.2) is 21.1 Å². The van der Waals surface area contributed by atoms with E-state index in [2.05, 4.69) is 20.5 Å². The smallest absolute Gasteiger partial charge is 0.256 e. The van der Waals surface area contributed by atoms with Crippen molar-refractivity contribution in [1.82, 2.24) is 15.2 Å². The van der Waals surface area contributed by atoms with Crippen LogP contribution in [0.25, 0.3) is 23.1 Å². The number of carbonyl (C=O) groups excluding carboxylic acids is 1. The molecule has 1 amide bonds. The molecule has 0 fully saturated rings. The minimum Gasteiger partial charge on any atom is -0.399 e. The fraction of sp³-hybridized carbons (Fsp3) is 0. The van der Waals surface area contributed by atoms with E-state index in [9.17, 15) is 4.79 Å². The molecule has 2 heterocycles. The average molecular weight is 464 g/mol. The molecule has 2 aromatic heterocycles. The van der Waals surface area contributed by atoms with Crippen LogP contribution in [0.1, 0.15) is 21.7 Å². The molecule has 0 spiro atoms. The molecule has 0 atom stereocenters. The molecule has 0 bridgehead atoms. The van der Waals surface area contributed by atoms with E-state index in [0.717, 1.165) is 32.1 Å². The number of aromatic amines is 1. The molecule has 0 saturated carbocycles. The molecular formula is C27H21N5OS. The molecule has 5 rings (SSSR count). The number of nitrogen functional groups attached to an aromatic ring is 1. The Morgan fingerprint density at radius 1 is 0.941 bits per heavy atom. The van der Waals surface area contributed by atoms with Gasteiger partial charge in [0.2, 0.25) is 0 Å². The Balaban J connectivity index is 1.36. The topological polar surface area (TPSA) is 96.7 Å². The van der Waals surface area contributed by atoms with Crippen molar-refractivity contribution in [1.29, 1.82) is 0 Å².